The molecule has 7 amide bonds. The smallest absolute Gasteiger partial charge is 0.253 e. The van der Waals surface area contributed by atoms with Crippen LogP contribution in [0.4, 0.5) is 0 Å². The van der Waals surface area contributed by atoms with Gasteiger partial charge in [-0.1, -0.05) is 84.2 Å². The predicted molar refractivity (Wildman–Crippen MR) is 257 cm³/mol. The Morgan fingerprint density at radius 1 is 0.896 bits per heavy atom. The quantitative estimate of drug-likeness (QED) is 0.0896. The standard InChI is InChI=1S/C51H81N7O9/c1-12-34(4)45(55(8)49(64)44(33(2)3)54-50(65)51(7)27-26-35(5)56(51)9)40(66-10)32-43(61)57-30-20-23-39(57)46(67-11)36(6)47(62)53-38(31-37-21-16-15-17-22-37)48(63)52-28-18-13-14-19-29-58-41(59)24-25-42(58)60/h15-17,21-22,24-25,33-36,38-40,44-46H,12-14,18-20,23,26-32H2,1-11H3,(H,52,63)(H,53,62)(H,54,65)/t34-,35?,36+,38-,39-,40+,44-,45-,46+,51-/m0/s1. The van der Waals surface area contributed by atoms with E-state index in [0.29, 0.717) is 51.7 Å². The molecule has 0 bridgehead atoms. The van der Waals surface area contributed by atoms with Crippen molar-refractivity contribution in [2.75, 3.05) is 47.9 Å². The Labute approximate surface area is 399 Å². The summed E-state index contributed by atoms with van der Waals surface area (Å²) in [5.41, 5.74) is 0.156. The van der Waals surface area contributed by atoms with Gasteiger partial charge in [-0.15, -0.1) is 0 Å². The molecule has 4 rings (SSSR count). The van der Waals surface area contributed by atoms with Gasteiger partial charge >= 0.3 is 0 Å². The van der Waals surface area contributed by atoms with Crippen molar-refractivity contribution in [2.45, 2.75) is 167 Å². The van der Waals surface area contributed by atoms with Gasteiger partial charge in [-0.2, -0.15) is 0 Å². The van der Waals surface area contributed by atoms with Gasteiger partial charge in [-0.25, -0.2) is 0 Å². The van der Waals surface area contributed by atoms with E-state index in [4.69, 9.17) is 9.47 Å². The summed E-state index contributed by atoms with van der Waals surface area (Å²) in [7, 11) is 6.78. The van der Waals surface area contributed by atoms with Gasteiger partial charge in [-0.05, 0) is 76.8 Å². The molecule has 16 heteroatoms. The Bertz CT molecular complexity index is 1860. The number of likely N-dealkylation sites (tertiary alicyclic amines) is 2. The fourth-order valence-electron chi connectivity index (χ4n) is 10.1. The zero-order valence-corrected chi connectivity index (χ0v) is 42.2. The van der Waals surface area contributed by atoms with Crippen molar-refractivity contribution in [3.05, 3.63) is 48.0 Å². The highest BCUT2D eigenvalue weighted by Gasteiger charge is 2.47. The number of benzene rings is 1. The van der Waals surface area contributed by atoms with Crippen LogP contribution in [0.1, 0.15) is 118 Å². The first-order valence-corrected chi connectivity index (χ1v) is 24.6. The molecule has 3 aliphatic rings. The number of carbonyl (C=O) groups excluding carboxylic acids is 7. The minimum absolute atomic E-state index is 0.00923. The van der Waals surface area contributed by atoms with E-state index in [2.05, 4.69) is 27.8 Å². The summed E-state index contributed by atoms with van der Waals surface area (Å²) in [5.74, 6) is -2.82. The maximum Gasteiger partial charge on any atom is 0.253 e. The van der Waals surface area contributed by atoms with E-state index in [0.717, 1.165) is 31.2 Å². The van der Waals surface area contributed by atoms with Crippen LogP contribution in [-0.4, -0.2) is 157 Å². The van der Waals surface area contributed by atoms with Crippen molar-refractivity contribution in [1.29, 1.82) is 0 Å². The third-order valence-electron chi connectivity index (χ3n) is 14.9. The van der Waals surface area contributed by atoms with Crippen molar-refractivity contribution in [3.8, 4) is 0 Å². The van der Waals surface area contributed by atoms with E-state index in [1.54, 1.807) is 30.9 Å². The number of methoxy groups -OCH3 is 2. The number of hydrogen-bond acceptors (Lipinski definition) is 10. The molecule has 16 nitrogen and oxygen atoms in total. The molecule has 1 aromatic rings. The fourth-order valence-corrected chi connectivity index (χ4v) is 10.1. The minimum Gasteiger partial charge on any atom is -0.379 e. The third-order valence-corrected chi connectivity index (χ3v) is 14.9. The summed E-state index contributed by atoms with van der Waals surface area (Å²) >= 11 is 0. The summed E-state index contributed by atoms with van der Waals surface area (Å²) in [5, 5.41) is 9.10. The molecule has 0 aromatic heterocycles. The molecular formula is C51H81N7O9. The summed E-state index contributed by atoms with van der Waals surface area (Å²) in [6, 6.07) is 7.17. The molecule has 0 saturated carbocycles. The predicted octanol–water partition coefficient (Wildman–Crippen LogP) is 4.25. The van der Waals surface area contributed by atoms with Gasteiger partial charge in [0.2, 0.25) is 29.5 Å². The van der Waals surface area contributed by atoms with Gasteiger partial charge in [0.15, 0.2) is 0 Å². The number of imide groups is 1. The van der Waals surface area contributed by atoms with Crippen LogP contribution in [0.25, 0.3) is 0 Å². The van der Waals surface area contributed by atoms with E-state index in [9.17, 15) is 33.6 Å². The van der Waals surface area contributed by atoms with E-state index in [-0.39, 0.29) is 72.1 Å². The first kappa shape index (κ1) is 54.9. The molecule has 1 aromatic carbocycles. The number of ether oxygens (including phenoxy) is 2. The fraction of sp³-hybridized carbons (Fsp3) is 0.706. The second-order valence-corrected chi connectivity index (χ2v) is 19.7. The van der Waals surface area contributed by atoms with Crippen LogP contribution in [0.3, 0.4) is 0 Å². The maximum atomic E-state index is 14.5. The third kappa shape index (κ3) is 14.0. The van der Waals surface area contributed by atoms with Crippen LogP contribution in [-0.2, 0) is 49.5 Å². The minimum atomic E-state index is -0.866. The number of nitrogens with one attached hydrogen (secondary N) is 3. The van der Waals surface area contributed by atoms with Crippen molar-refractivity contribution in [2.24, 2.45) is 17.8 Å². The van der Waals surface area contributed by atoms with Crippen LogP contribution in [0.5, 0.6) is 0 Å². The first-order valence-electron chi connectivity index (χ1n) is 24.6. The largest absolute Gasteiger partial charge is 0.379 e. The van der Waals surface area contributed by atoms with Crippen molar-refractivity contribution in [1.82, 2.24) is 35.6 Å². The van der Waals surface area contributed by atoms with Crippen LogP contribution in [0, 0.1) is 17.8 Å². The summed E-state index contributed by atoms with van der Waals surface area (Å²) in [6.45, 7) is 14.9. The Morgan fingerprint density at radius 3 is 2.13 bits per heavy atom. The van der Waals surface area contributed by atoms with Crippen LogP contribution in [0.2, 0.25) is 0 Å². The number of likely N-dealkylation sites (N-methyl/N-ethyl adjacent to an activating group) is 2. The zero-order valence-electron chi connectivity index (χ0n) is 42.2. The van der Waals surface area contributed by atoms with Gasteiger partial charge in [0.05, 0.1) is 42.2 Å². The van der Waals surface area contributed by atoms with Gasteiger partial charge < -0.3 is 35.2 Å². The molecular weight excluding hydrogens is 855 g/mol. The van der Waals surface area contributed by atoms with Gasteiger partial charge in [0, 0.05) is 65.5 Å². The summed E-state index contributed by atoms with van der Waals surface area (Å²) in [4.78, 5) is 101. The van der Waals surface area contributed by atoms with Crippen LogP contribution in [0.15, 0.2) is 42.5 Å². The van der Waals surface area contributed by atoms with Gasteiger partial charge in [0.25, 0.3) is 11.8 Å². The lowest BCUT2D eigenvalue weighted by Crippen LogP contribution is -2.61. The Kier molecular flexibility index (Phi) is 21.0. The topological polar surface area (TPSA) is 187 Å². The van der Waals surface area contributed by atoms with Crippen molar-refractivity contribution < 1.29 is 43.0 Å². The Balaban J connectivity index is 1.41. The lowest BCUT2D eigenvalue weighted by Gasteiger charge is -2.41. The average molecular weight is 936 g/mol. The maximum absolute atomic E-state index is 14.5. The first-order chi connectivity index (χ1) is 31.8. The number of rotatable bonds is 26. The normalized spacial score (nSPS) is 22.9. The number of nitrogens with zero attached hydrogens (tertiary/aromatic N) is 4. The van der Waals surface area contributed by atoms with E-state index in [1.807, 2.05) is 72.0 Å². The lowest BCUT2D eigenvalue weighted by molar-refractivity contribution is -0.148. The number of unbranched alkanes of at least 4 members (excludes halogenated alkanes) is 3. The van der Waals surface area contributed by atoms with E-state index >= 15 is 0 Å². The van der Waals surface area contributed by atoms with Crippen molar-refractivity contribution >= 4 is 41.4 Å². The molecule has 3 aliphatic heterocycles. The molecule has 3 N–H and O–H groups in total. The van der Waals surface area contributed by atoms with Crippen LogP contribution >= 0.6 is 0 Å². The summed E-state index contributed by atoms with van der Waals surface area (Å²) in [6.07, 6.45) is 8.05. The highest BCUT2D eigenvalue weighted by Crippen LogP contribution is 2.33. The molecule has 374 valence electrons. The van der Waals surface area contributed by atoms with E-state index in [1.165, 1.54) is 24.2 Å². The Hall–Kier alpha value is -4.67. The zero-order chi connectivity index (χ0) is 49.6. The molecule has 10 atom stereocenters. The highest BCUT2D eigenvalue weighted by molar-refractivity contribution is 6.12. The average Bonchev–Trinajstić information content (AvgIpc) is 4.00. The number of carbonyl (C=O) groups is 7. The molecule has 3 heterocycles. The molecule has 1 unspecified atom stereocenters. The second-order valence-electron chi connectivity index (χ2n) is 19.7. The SMILES string of the molecule is CC[C@H](C)[C@@H]([C@@H](CC(=O)N1CCC[C@H]1[C@H](OC)[C@@H](C)C(=O)N[C@@H](Cc1ccccc1)C(=O)NCCCCCCN1C(=O)C=CC1=O)OC)N(C)C(=O)[C@@H](NC(=O)[C@]1(C)CCC(C)N1C)C(C)C. The highest BCUT2D eigenvalue weighted by atomic mass is 16.5. The number of hydrogen-bond donors (Lipinski definition) is 3. The van der Waals surface area contributed by atoms with Gasteiger partial charge in [0.1, 0.15) is 12.1 Å². The molecule has 67 heavy (non-hydrogen) atoms. The number of amides is 7. The molecule has 0 radical (unpaired) electrons. The van der Waals surface area contributed by atoms with Crippen LogP contribution < -0.4 is 16.0 Å². The summed E-state index contributed by atoms with van der Waals surface area (Å²) < 4.78 is 12.1. The second kappa shape index (κ2) is 25.6. The molecule has 0 spiro atoms. The monoisotopic (exact) mass is 936 g/mol. The molecule has 0 aliphatic carbocycles. The van der Waals surface area contributed by atoms with Crippen molar-refractivity contribution in [3.63, 3.8) is 0 Å². The lowest BCUT2D eigenvalue weighted by atomic mass is 9.89. The molecule has 2 saturated heterocycles. The molecule has 2 fully saturated rings. The van der Waals surface area contributed by atoms with E-state index < -0.39 is 47.8 Å². The van der Waals surface area contributed by atoms with Gasteiger partial charge in [-0.3, -0.25) is 43.4 Å². The Morgan fingerprint density at radius 2 is 1.55 bits per heavy atom.